The third kappa shape index (κ3) is 3.42. The fraction of sp³-hybridized carbons (Fsp3) is 0.800. The molecule has 6 nitrogen and oxygen atoms in total. The maximum atomic E-state index is 11.7. The van der Waals surface area contributed by atoms with Crippen LogP contribution in [0.3, 0.4) is 0 Å². The van der Waals surface area contributed by atoms with Crippen LogP contribution in [0, 0.1) is 0 Å². The summed E-state index contributed by atoms with van der Waals surface area (Å²) < 4.78 is 23.5. The summed E-state index contributed by atoms with van der Waals surface area (Å²) in [6, 6.07) is 0. The van der Waals surface area contributed by atoms with E-state index >= 15 is 0 Å². The topological polar surface area (TPSA) is 91.7 Å². The summed E-state index contributed by atoms with van der Waals surface area (Å²) in [6.07, 6.45) is 1.73. The Kier molecular flexibility index (Phi) is 4.50. The fourth-order valence-electron chi connectivity index (χ4n) is 1.91. The first-order valence-corrected chi connectivity index (χ1v) is 7.32. The molecule has 1 rings (SSSR count). The van der Waals surface area contributed by atoms with Crippen LogP contribution < -0.4 is 0 Å². The van der Waals surface area contributed by atoms with E-state index in [-0.39, 0.29) is 6.42 Å². The van der Waals surface area contributed by atoms with Gasteiger partial charge in [-0.15, -0.1) is 0 Å². The van der Waals surface area contributed by atoms with Gasteiger partial charge in [-0.05, 0) is 19.3 Å². The molecule has 17 heavy (non-hydrogen) atoms. The molecule has 0 radical (unpaired) electrons. The van der Waals surface area contributed by atoms with E-state index in [1.54, 1.807) is 0 Å². The second kappa shape index (κ2) is 5.48. The van der Waals surface area contributed by atoms with Gasteiger partial charge in [-0.3, -0.25) is 9.59 Å². The zero-order valence-electron chi connectivity index (χ0n) is 9.76. The minimum absolute atomic E-state index is 0.0229. The summed E-state index contributed by atoms with van der Waals surface area (Å²) in [5.74, 6) is -2.57. The molecule has 1 amide bonds. The molecule has 0 saturated carbocycles. The predicted octanol–water partition coefficient (Wildman–Crippen LogP) is -0.113. The highest BCUT2D eigenvalue weighted by atomic mass is 32.2. The van der Waals surface area contributed by atoms with Crippen molar-refractivity contribution in [3.8, 4) is 0 Å². The van der Waals surface area contributed by atoms with Crippen LogP contribution in [-0.2, 0) is 19.4 Å². The lowest BCUT2D eigenvalue weighted by Gasteiger charge is -2.17. The molecule has 1 saturated heterocycles. The van der Waals surface area contributed by atoms with Crippen molar-refractivity contribution in [1.82, 2.24) is 4.90 Å². The minimum Gasteiger partial charge on any atom is -0.480 e. The Bertz CT molecular complexity index is 397. The van der Waals surface area contributed by atoms with Crippen molar-refractivity contribution in [3.05, 3.63) is 0 Å². The SMILES string of the molecule is CCC(C(=O)O)S(=O)(=O)CC(=O)N1CCCC1. The smallest absolute Gasteiger partial charge is 0.321 e. The molecule has 7 heteroatoms. The molecular weight excluding hydrogens is 246 g/mol. The van der Waals surface area contributed by atoms with Crippen LogP contribution >= 0.6 is 0 Å². The molecule has 1 N–H and O–H groups in total. The van der Waals surface area contributed by atoms with Gasteiger partial charge in [0.25, 0.3) is 0 Å². The highest BCUT2D eigenvalue weighted by Crippen LogP contribution is 2.12. The molecule has 1 aliphatic rings. The number of carboxylic acid groups (broad SMARTS) is 1. The molecule has 0 aliphatic carbocycles. The number of nitrogens with zero attached hydrogens (tertiary/aromatic N) is 1. The van der Waals surface area contributed by atoms with Crippen molar-refractivity contribution in [2.45, 2.75) is 31.4 Å². The fourth-order valence-corrected chi connectivity index (χ4v) is 3.46. The van der Waals surface area contributed by atoms with Crippen molar-refractivity contribution >= 4 is 21.7 Å². The number of hydrogen-bond donors (Lipinski definition) is 1. The van der Waals surface area contributed by atoms with Crippen LogP contribution in [-0.4, -0.2) is 54.4 Å². The van der Waals surface area contributed by atoms with E-state index in [0.717, 1.165) is 12.8 Å². The number of sulfone groups is 1. The Morgan fingerprint density at radius 2 is 1.82 bits per heavy atom. The van der Waals surface area contributed by atoms with E-state index in [2.05, 4.69) is 0 Å². The first-order valence-electron chi connectivity index (χ1n) is 5.60. The lowest BCUT2D eigenvalue weighted by Crippen LogP contribution is -2.39. The van der Waals surface area contributed by atoms with Gasteiger partial charge in [0.1, 0.15) is 5.75 Å². The summed E-state index contributed by atoms with van der Waals surface area (Å²) in [5, 5.41) is 7.31. The summed E-state index contributed by atoms with van der Waals surface area (Å²) >= 11 is 0. The van der Waals surface area contributed by atoms with E-state index in [1.807, 2.05) is 0 Å². The first kappa shape index (κ1) is 14.0. The zero-order valence-corrected chi connectivity index (χ0v) is 10.6. The van der Waals surface area contributed by atoms with Crippen LogP contribution in [0.15, 0.2) is 0 Å². The van der Waals surface area contributed by atoms with Crippen LogP contribution in [0.2, 0.25) is 0 Å². The Labute approximate surface area is 101 Å². The molecule has 0 aromatic rings. The van der Waals surface area contributed by atoms with E-state index < -0.39 is 32.7 Å². The number of rotatable bonds is 5. The average Bonchev–Trinajstić information content (AvgIpc) is 2.68. The molecule has 1 heterocycles. The molecule has 98 valence electrons. The molecule has 0 aromatic carbocycles. The lowest BCUT2D eigenvalue weighted by atomic mass is 10.3. The van der Waals surface area contributed by atoms with Gasteiger partial charge in [0.2, 0.25) is 5.91 Å². The number of amides is 1. The average molecular weight is 263 g/mol. The first-order chi connectivity index (χ1) is 7.88. The third-order valence-electron chi connectivity index (χ3n) is 2.86. The summed E-state index contributed by atoms with van der Waals surface area (Å²) in [7, 11) is -3.90. The second-order valence-corrected chi connectivity index (χ2v) is 6.31. The summed E-state index contributed by atoms with van der Waals surface area (Å²) in [4.78, 5) is 23.9. The quantitative estimate of drug-likeness (QED) is 0.747. The number of carboxylic acids is 1. The second-order valence-electron chi connectivity index (χ2n) is 4.13. The maximum absolute atomic E-state index is 11.7. The Morgan fingerprint density at radius 1 is 1.29 bits per heavy atom. The van der Waals surface area contributed by atoms with Crippen molar-refractivity contribution in [2.24, 2.45) is 0 Å². The van der Waals surface area contributed by atoms with Gasteiger partial charge in [-0.25, -0.2) is 8.42 Å². The van der Waals surface area contributed by atoms with E-state index in [1.165, 1.54) is 11.8 Å². The molecule has 1 aliphatic heterocycles. The van der Waals surface area contributed by atoms with Crippen LogP contribution in [0.1, 0.15) is 26.2 Å². The highest BCUT2D eigenvalue weighted by Gasteiger charge is 2.34. The minimum atomic E-state index is -3.90. The normalized spacial score (nSPS) is 18.1. The van der Waals surface area contributed by atoms with Crippen LogP contribution in [0.4, 0.5) is 0 Å². The number of aliphatic carboxylic acids is 1. The van der Waals surface area contributed by atoms with Gasteiger partial charge in [0.15, 0.2) is 15.1 Å². The largest absolute Gasteiger partial charge is 0.480 e. The predicted molar refractivity (Wildman–Crippen MR) is 61.3 cm³/mol. The molecular formula is C10H17NO5S. The van der Waals surface area contributed by atoms with Gasteiger partial charge in [-0.2, -0.15) is 0 Å². The van der Waals surface area contributed by atoms with Gasteiger partial charge >= 0.3 is 5.97 Å². The van der Waals surface area contributed by atoms with E-state index in [0.29, 0.717) is 13.1 Å². The van der Waals surface area contributed by atoms with Crippen LogP contribution in [0.5, 0.6) is 0 Å². The number of carbonyl (C=O) groups excluding carboxylic acids is 1. The Morgan fingerprint density at radius 3 is 2.24 bits per heavy atom. The molecule has 0 aromatic heterocycles. The van der Waals surface area contributed by atoms with Crippen LogP contribution in [0.25, 0.3) is 0 Å². The zero-order chi connectivity index (χ0) is 13.1. The molecule has 0 bridgehead atoms. The van der Waals surface area contributed by atoms with Gasteiger partial charge in [0.05, 0.1) is 0 Å². The monoisotopic (exact) mass is 263 g/mol. The van der Waals surface area contributed by atoms with Crippen molar-refractivity contribution in [1.29, 1.82) is 0 Å². The number of carbonyl (C=O) groups is 2. The Balaban J connectivity index is 2.71. The van der Waals surface area contributed by atoms with Crippen molar-refractivity contribution < 1.29 is 23.1 Å². The summed E-state index contributed by atoms with van der Waals surface area (Å²) in [6.45, 7) is 2.62. The van der Waals surface area contributed by atoms with Gasteiger partial charge in [-0.1, -0.05) is 6.92 Å². The summed E-state index contributed by atoms with van der Waals surface area (Å²) in [5.41, 5.74) is 0. The van der Waals surface area contributed by atoms with E-state index in [4.69, 9.17) is 5.11 Å². The van der Waals surface area contributed by atoms with Gasteiger partial charge < -0.3 is 10.0 Å². The van der Waals surface area contributed by atoms with Crippen molar-refractivity contribution in [2.75, 3.05) is 18.8 Å². The third-order valence-corrected chi connectivity index (χ3v) is 4.91. The standard InChI is InChI=1S/C10H17NO5S/c1-2-8(10(13)14)17(15,16)7-9(12)11-5-3-4-6-11/h8H,2-7H2,1H3,(H,13,14). The van der Waals surface area contributed by atoms with Crippen molar-refractivity contribution in [3.63, 3.8) is 0 Å². The highest BCUT2D eigenvalue weighted by molar-refractivity contribution is 7.93. The lowest BCUT2D eigenvalue weighted by molar-refractivity contribution is -0.136. The Hall–Kier alpha value is -1.11. The molecule has 1 atom stereocenters. The number of likely N-dealkylation sites (tertiary alicyclic amines) is 1. The maximum Gasteiger partial charge on any atom is 0.321 e. The van der Waals surface area contributed by atoms with E-state index in [9.17, 15) is 18.0 Å². The molecule has 0 spiro atoms. The van der Waals surface area contributed by atoms with Gasteiger partial charge in [0, 0.05) is 13.1 Å². The number of hydrogen-bond acceptors (Lipinski definition) is 4. The molecule has 1 fully saturated rings. The molecule has 1 unspecified atom stereocenters.